The van der Waals surface area contributed by atoms with E-state index in [9.17, 15) is 9.90 Å². The number of phenols is 1. The lowest BCUT2D eigenvalue weighted by atomic mass is 9.54. The number of carbonyl (C=O) groups excluding carboxylic acids is 1. The maximum absolute atomic E-state index is 12.5. The number of nitrogens with zero attached hydrogens (tertiary/aromatic N) is 2. The van der Waals surface area contributed by atoms with Crippen molar-refractivity contribution in [3.05, 3.63) is 29.3 Å². The third-order valence-corrected chi connectivity index (χ3v) is 6.76. The third kappa shape index (κ3) is 2.19. The SMILES string of the molecule is CC(C)C(=O)N1CC[C@]23CCN(C)[C@H](Cc4ccc(O)cc42)[C@@H]3C1. The molecule has 2 heterocycles. The number of amides is 1. The number of likely N-dealkylation sites (tertiary alicyclic amines) is 2. The molecule has 3 aliphatic rings. The Bertz CT molecular complexity index is 672. The smallest absolute Gasteiger partial charge is 0.225 e. The molecule has 0 saturated carbocycles. The number of benzene rings is 1. The van der Waals surface area contributed by atoms with Gasteiger partial charge in [0, 0.05) is 36.4 Å². The van der Waals surface area contributed by atoms with Crippen molar-refractivity contribution in [3.63, 3.8) is 0 Å². The minimum Gasteiger partial charge on any atom is -0.508 e. The van der Waals surface area contributed by atoms with Gasteiger partial charge in [-0.1, -0.05) is 19.9 Å². The van der Waals surface area contributed by atoms with Gasteiger partial charge in [0.15, 0.2) is 0 Å². The fourth-order valence-corrected chi connectivity index (χ4v) is 5.44. The van der Waals surface area contributed by atoms with Crippen LogP contribution in [0.2, 0.25) is 0 Å². The third-order valence-electron chi connectivity index (χ3n) is 6.76. The highest BCUT2D eigenvalue weighted by molar-refractivity contribution is 5.78. The second-order valence-electron chi connectivity index (χ2n) is 8.30. The first-order valence-electron chi connectivity index (χ1n) is 9.24. The fourth-order valence-electron chi connectivity index (χ4n) is 5.44. The summed E-state index contributed by atoms with van der Waals surface area (Å²) in [7, 11) is 2.23. The molecule has 2 aliphatic heterocycles. The molecule has 4 rings (SSSR count). The van der Waals surface area contributed by atoms with Gasteiger partial charge in [-0.25, -0.2) is 0 Å². The Balaban J connectivity index is 1.76. The van der Waals surface area contributed by atoms with Crippen molar-refractivity contribution in [2.24, 2.45) is 11.8 Å². The zero-order valence-electron chi connectivity index (χ0n) is 15.0. The summed E-state index contributed by atoms with van der Waals surface area (Å²) in [6, 6.07) is 6.44. The van der Waals surface area contributed by atoms with Crippen LogP contribution in [0.25, 0.3) is 0 Å². The summed E-state index contributed by atoms with van der Waals surface area (Å²) in [6.45, 7) is 6.80. The number of phenolic OH excluding ortho intramolecular Hbond substituents is 1. The van der Waals surface area contributed by atoms with E-state index in [2.05, 4.69) is 22.9 Å². The van der Waals surface area contributed by atoms with Crippen LogP contribution >= 0.6 is 0 Å². The van der Waals surface area contributed by atoms with E-state index in [1.54, 1.807) is 0 Å². The van der Waals surface area contributed by atoms with Crippen LogP contribution in [-0.4, -0.2) is 53.5 Å². The van der Waals surface area contributed by atoms with Gasteiger partial charge in [-0.15, -0.1) is 0 Å². The molecule has 2 bridgehead atoms. The van der Waals surface area contributed by atoms with Gasteiger partial charge in [-0.05, 0) is 56.1 Å². The van der Waals surface area contributed by atoms with Gasteiger partial charge in [-0.2, -0.15) is 0 Å². The average molecular weight is 328 g/mol. The quantitative estimate of drug-likeness (QED) is 0.861. The van der Waals surface area contributed by atoms with Crippen LogP contribution in [0.5, 0.6) is 5.75 Å². The zero-order chi connectivity index (χ0) is 17.1. The Kier molecular flexibility index (Phi) is 3.64. The molecular formula is C20H28N2O2. The van der Waals surface area contributed by atoms with E-state index < -0.39 is 0 Å². The molecule has 1 aromatic carbocycles. The Morgan fingerprint density at radius 3 is 2.79 bits per heavy atom. The Hall–Kier alpha value is -1.55. The molecule has 1 aromatic rings. The van der Waals surface area contributed by atoms with Crippen molar-refractivity contribution in [2.75, 3.05) is 26.7 Å². The predicted molar refractivity (Wildman–Crippen MR) is 94.0 cm³/mol. The Morgan fingerprint density at radius 2 is 2.04 bits per heavy atom. The van der Waals surface area contributed by atoms with E-state index in [1.807, 2.05) is 26.0 Å². The summed E-state index contributed by atoms with van der Waals surface area (Å²) < 4.78 is 0. The number of rotatable bonds is 1. The maximum atomic E-state index is 12.5. The van der Waals surface area contributed by atoms with Crippen molar-refractivity contribution in [2.45, 2.75) is 44.6 Å². The van der Waals surface area contributed by atoms with E-state index in [4.69, 9.17) is 0 Å². The Labute approximate surface area is 144 Å². The molecule has 0 aromatic heterocycles. The molecule has 2 saturated heterocycles. The van der Waals surface area contributed by atoms with Crippen LogP contribution < -0.4 is 0 Å². The lowest BCUT2D eigenvalue weighted by molar-refractivity contribution is -0.140. The number of hydrogen-bond donors (Lipinski definition) is 1. The summed E-state index contributed by atoms with van der Waals surface area (Å²) in [4.78, 5) is 17.1. The van der Waals surface area contributed by atoms with E-state index in [1.165, 1.54) is 11.1 Å². The first-order valence-corrected chi connectivity index (χ1v) is 9.24. The predicted octanol–water partition coefficient (Wildman–Crippen LogP) is 2.39. The van der Waals surface area contributed by atoms with Gasteiger partial charge in [0.2, 0.25) is 5.91 Å². The topological polar surface area (TPSA) is 43.8 Å². The molecule has 1 N–H and O–H groups in total. The van der Waals surface area contributed by atoms with Crippen molar-refractivity contribution in [1.82, 2.24) is 9.80 Å². The molecule has 1 amide bonds. The highest BCUT2D eigenvalue weighted by atomic mass is 16.3. The van der Waals surface area contributed by atoms with Gasteiger partial charge in [0.25, 0.3) is 0 Å². The van der Waals surface area contributed by atoms with Crippen molar-refractivity contribution in [3.8, 4) is 5.75 Å². The van der Waals surface area contributed by atoms with Crippen molar-refractivity contribution < 1.29 is 9.90 Å². The molecule has 24 heavy (non-hydrogen) atoms. The van der Waals surface area contributed by atoms with Crippen LogP contribution in [0.4, 0.5) is 0 Å². The molecule has 3 atom stereocenters. The summed E-state index contributed by atoms with van der Waals surface area (Å²) in [6.07, 6.45) is 3.18. The number of likely N-dealkylation sites (N-methyl/N-ethyl adjacent to an activating group) is 1. The molecule has 130 valence electrons. The molecule has 4 nitrogen and oxygen atoms in total. The van der Waals surface area contributed by atoms with E-state index in [0.29, 0.717) is 17.7 Å². The maximum Gasteiger partial charge on any atom is 0.225 e. The van der Waals surface area contributed by atoms with E-state index in [0.717, 1.165) is 38.9 Å². The number of hydrogen-bond acceptors (Lipinski definition) is 3. The molecule has 0 unspecified atom stereocenters. The number of piperidine rings is 2. The number of aromatic hydroxyl groups is 1. The highest BCUT2D eigenvalue weighted by Crippen LogP contribution is 2.53. The minimum atomic E-state index is 0.0662. The summed E-state index contributed by atoms with van der Waals surface area (Å²) in [5, 5.41) is 10.1. The van der Waals surface area contributed by atoms with Crippen LogP contribution in [0.3, 0.4) is 0 Å². The lowest BCUT2D eigenvalue weighted by Crippen LogP contribution is -2.65. The van der Waals surface area contributed by atoms with Crippen LogP contribution in [0.1, 0.15) is 37.8 Å². The molecule has 4 heteroatoms. The molecule has 0 spiro atoms. The summed E-state index contributed by atoms with van der Waals surface area (Å²) in [5.74, 6) is 1.20. The molecular weight excluding hydrogens is 300 g/mol. The highest BCUT2D eigenvalue weighted by Gasteiger charge is 2.55. The molecule has 0 radical (unpaired) electrons. The van der Waals surface area contributed by atoms with Crippen LogP contribution in [0, 0.1) is 11.8 Å². The monoisotopic (exact) mass is 328 g/mol. The Morgan fingerprint density at radius 1 is 1.29 bits per heavy atom. The number of carbonyl (C=O) groups is 1. The van der Waals surface area contributed by atoms with Gasteiger partial charge in [0.1, 0.15) is 5.75 Å². The largest absolute Gasteiger partial charge is 0.508 e. The van der Waals surface area contributed by atoms with E-state index in [-0.39, 0.29) is 17.2 Å². The zero-order valence-corrected chi connectivity index (χ0v) is 15.0. The fraction of sp³-hybridized carbons (Fsp3) is 0.650. The number of fused-ring (bicyclic) bond motifs is 1. The summed E-state index contributed by atoms with van der Waals surface area (Å²) in [5.41, 5.74) is 2.88. The minimum absolute atomic E-state index is 0.0662. The lowest BCUT2D eigenvalue weighted by Gasteiger charge is -2.60. The van der Waals surface area contributed by atoms with Gasteiger partial charge < -0.3 is 14.9 Å². The van der Waals surface area contributed by atoms with Gasteiger partial charge in [0.05, 0.1) is 0 Å². The van der Waals surface area contributed by atoms with Gasteiger partial charge >= 0.3 is 0 Å². The summed E-state index contributed by atoms with van der Waals surface area (Å²) >= 11 is 0. The van der Waals surface area contributed by atoms with Crippen molar-refractivity contribution in [1.29, 1.82) is 0 Å². The second-order valence-corrected chi connectivity index (χ2v) is 8.30. The van der Waals surface area contributed by atoms with E-state index >= 15 is 0 Å². The van der Waals surface area contributed by atoms with Gasteiger partial charge in [-0.3, -0.25) is 4.79 Å². The molecule has 1 aliphatic carbocycles. The normalized spacial score (nSPS) is 32.4. The first kappa shape index (κ1) is 15.9. The standard InChI is InChI=1S/C20H28N2O2/c1-13(2)19(24)22-9-7-20-6-8-21(3)18(17(20)12-22)10-14-4-5-15(23)11-16(14)20/h4-5,11,13,17-18,23H,6-10,12H2,1-3H3/t17-,18+,20+/m0/s1. The van der Waals surface area contributed by atoms with Crippen molar-refractivity contribution >= 4 is 5.91 Å². The molecule has 2 fully saturated rings. The first-order chi connectivity index (χ1) is 11.4. The van der Waals surface area contributed by atoms with Crippen LogP contribution in [0.15, 0.2) is 18.2 Å². The second kappa shape index (κ2) is 5.48. The van der Waals surface area contributed by atoms with Crippen LogP contribution in [-0.2, 0) is 16.6 Å². The average Bonchev–Trinajstić information content (AvgIpc) is 2.57.